The van der Waals surface area contributed by atoms with Gasteiger partial charge in [0.25, 0.3) is 0 Å². The van der Waals surface area contributed by atoms with Crippen molar-refractivity contribution in [1.82, 2.24) is 4.90 Å². The van der Waals surface area contributed by atoms with Crippen molar-refractivity contribution in [2.24, 2.45) is 5.92 Å². The molecule has 1 aliphatic rings. The second-order valence-electron chi connectivity index (χ2n) is 5.63. The summed E-state index contributed by atoms with van der Waals surface area (Å²) in [5.41, 5.74) is -0.427. The van der Waals surface area contributed by atoms with Crippen LogP contribution in [0.2, 0.25) is 0 Å². The summed E-state index contributed by atoms with van der Waals surface area (Å²) in [6.07, 6.45) is 6.80. The number of hydrogen-bond acceptors (Lipinski definition) is 3. The zero-order chi connectivity index (χ0) is 13.6. The molecule has 0 aromatic carbocycles. The first-order chi connectivity index (χ1) is 8.42. The molecule has 0 aromatic rings. The van der Waals surface area contributed by atoms with Crippen LogP contribution in [0.5, 0.6) is 0 Å². The van der Waals surface area contributed by atoms with E-state index in [9.17, 15) is 4.79 Å². The molecule has 1 saturated heterocycles. The van der Waals surface area contributed by atoms with Gasteiger partial charge in [-0.3, -0.25) is 0 Å². The third kappa shape index (κ3) is 5.42. The van der Waals surface area contributed by atoms with E-state index in [0.717, 1.165) is 25.9 Å². The molecule has 0 saturated carbocycles. The van der Waals surface area contributed by atoms with Crippen LogP contribution in [-0.2, 0) is 9.47 Å². The number of piperidine rings is 1. The van der Waals surface area contributed by atoms with Gasteiger partial charge in [0.15, 0.2) is 0 Å². The van der Waals surface area contributed by atoms with Crippen LogP contribution in [0.4, 0.5) is 4.79 Å². The van der Waals surface area contributed by atoms with Gasteiger partial charge in [0.2, 0.25) is 0 Å². The Morgan fingerprint density at radius 3 is 2.50 bits per heavy atom. The summed E-state index contributed by atoms with van der Waals surface area (Å²) < 4.78 is 10.7. The van der Waals surface area contributed by atoms with Gasteiger partial charge in [0, 0.05) is 13.1 Å². The summed E-state index contributed by atoms with van der Waals surface area (Å²) in [6.45, 7) is 8.17. The van der Waals surface area contributed by atoms with Crippen LogP contribution < -0.4 is 0 Å². The fraction of sp³-hybridized carbons (Fsp3) is 0.786. The molecule has 0 radical (unpaired) electrons. The monoisotopic (exact) mass is 253 g/mol. The van der Waals surface area contributed by atoms with Crippen LogP contribution in [0.1, 0.15) is 33.6 Å². The molecule has 0 aliphatic carbocycles. The van der Waals surface area contributed by atoms with Gasteiger partial charge in [0.1, 0.15) is 12.2 Å². The highest BCUT2D eigenvalue weighted by Gasteiger charge is 2.26. The minimum absolute atomic E-state index is 0.217. The van der Waals surface area contributed by atoms with E-state index in [1.165, 1.54) is 0 Å². The maximum absolute atomic E-state index is 11.8. The second kappa shape index (κ2) is 6.65. The van der Waals surface area contributed by atoms with Crippen LogP contribution in [0.25, 0.3) is 0 Å². The van der Waals surface area contributed by atoms with E-state index in [1.807, 2.05) is 20.8 Å². The Balaban J connectivity index is 2.27. The number of carbonyl (C=O) groups excluding carboxylic acids is 1. The predicted molar refractivity (Wildman–Crippen MR) is 70.2 cm³/mol. The van der Waals surface area contributed by atoms with Gasteiger partial charge in [-0.15, -0.1) is 6.42 Å². The number of rotatable bonds is 3. The first-order valence-electron chi connectivity index (χ1n) is 6.41. The van der Waals surface area contributed by atoms with E-state index >= 15 is 0 Å². The number of terminal acetylenes is 1. The molecule has 0 aromatic heterocycles. The molecule has 0 N–H and O–H groups in total. The number of amides is 1. The SMILES string of the molecule is C#CCOCC1CCN(C(=O)OC(C)(C)C)CC1. The van der Waals surface area contributed by atoms with E-state index < -0.39 is 5.60 Å². The average Bonchev–Trinajstić information content (AvgIpc) is 2.28. The minimum atomic E-state index is -0.427. The lowest BCUT2D eigenvalue weighted by Crippen LogP contribution is -2.42. The highest BCUT2D eigenvalue weighted by Crippen LogP contribution is 2.19. The maximum Gasteiger partial charge on any atom is 0.410 e. The number of ether oxygens (including phenoxy) is 2. The minimum Gasteiger partial charge on any atom is -0.444 e. The Kier molecular flexibility index (Phi) is 5.49. The normalized spacial score (nSPS) is 17.3. The molecule has 1 heterocycles. The lowest BCUT2D eigenvalue weighted by Gasteiger charge is -2.33. The highest BCUT2D eigenvalue weighted by atomic mass is 16.6. The second-order valence-corrected chi connectivity index (χ2v) is 5.63. The van der Waals surface area contributed by atoms with E-state index in [2.05, 4.69) is 5.92 Å². The smallest absolute Gasteiger partial charge is 0.410 e. The van der Waals surface area contributed by atoms with Gasteiger partial charge < -0.3 is 14.4 Å². The molecule has 4 heteroatoms. The van der Waals surface area contributed by atoms with Gasteiger partial charge in [-0.1, -0.05) is 5.92 Å². The molecule has 18 heavy (non-hydrogen) atoms. The summed E-state index contributed by atoms with van der Waals surface area (Å²) in [4.78, 5) is 13.6. The van der Waals surface area contributed by atoms with E-state index in [1.54, 1.807) is 4.90 Å². The lowest BCUT2D eigenvalue weighted by atomic mass is 9.98. The molecule has 1 rings (SSSR count). The fourth-order valence-electron chi connectivity index (χ4n) is 1.89. The molecule has 1 amide bonds. The fourth-order valence-corrected chi connectivity index (χ4v) is 1.89. The maximum atomic E-state index is 11.8. The molecule has 1 fully saturated rings. The van der Waals surface area contributed by atoms with E-state index in [4.69, 9.17) is 15.9 Å². The topological polar surface area (TPSA) is 38.8 Å². The van der Waals surface area contributed by atoms with Crippen LogP contribution in [0, 0.1) is 18.3 Å². The molecule has 4 nitrogen and oxygen atoms in total. The lowest BCUT2D eigenvalue weighted by molar-refractivity contribution is 0.0133. The van der Waals surface area contributed by atoms with Crippen molar-refractivity contribution >= 4 is 6.09 Å². The Morgan fingerprint density at radius 2 is 2.00 bits per heavy atom. The molecular weight excluding hydrogens is 230 g/mol. The quantitative estimate of drug-likeness (QED) is 0.572. The third-order valence-electron chi connectivity index (χ3n) is 2.81. The van der Waals surface area contributed by atoms with Crippen LogP contribution >= 0.6 is 0 Å². The van der Waals surface area contributed by atoms with Crippen molar-refractivity contribution in [1.29, 1.82) is 0 Å². The van der Waals surface area contributed by atoms with E-state index in [-0.39, 0.29) is 6.09 Å². The number of nitrogens with zero attached hydrogens (tertiary/aromatic N) is 1. The molecule has 0 spiro atoms. The summed E-state index contributed by atoms with van der Waals surface area (Å²) in [5, 5.41) is 0. The van der Waals surface area contributed by atoms with Gasteiger partial charge in [0.05, 0.1) is 6.61 Å². The first-order valence-corrected chi connectivity index (χ1v) is 6.41. The summed E-state index contributed by atoms with van der Waals surface area (Å²) in [5.74, 6) is 2.95. The van der Waals surface area contributed by atoms with Crippen molar-refractivity contribution < 1.29 is 14.3 Å². The highest BCUT2D eigenvalue weighted by molar-refractivity contribution is 5.68. The van der Waals surface area contributed by atoms with Crippen molar-refractivity contribution in [3.63, 3.8) is 0 Å². The largest absolute Gasteiger partial charge is 0.444 e. The summed E-state index contributed by atoms with van der Waals surface area (Å²) in [7, 11) is 0. The number of likely N-dealkylation sites (tertiary alicyclic amines) is 1. The Labute approximate surface area is 110 Å². The van der Waals surface area contributed by atoms with Crippen molar-refractivity contribution in [3.8, 4) is 12.3 Å². The molecule has 0 atom stereocenters. The van der Waals surface area contributed by atoms with Crippen LogP contribution in [0.3, 0.4) is 0 Å². The van der Waals surface area contributed by atoms with Crippen LogP contribution in [0.15, 0.2) is 0 Å². The summed E-state index contributed by atoms with van der Waals surface area (Å²) >= 11 is 0. The van der Waals surface area contributed by atoms with Gasteiger partial charge in [-0.25, -0.2) is 4.79 Å². The Hall–Kier alpha value is -1.21. The van der Waals surface area contributed by atoms with Crippen molar-refractivity contribution in [2.75, 3.05) is 26.3 Å². The zero-order valence-corrected chi connectivity index (χ0v) is 11.6. The number of hydrogen-bond donors (Lipinski definition) is 0. The average molecular weight is 253 g/mol. The van der Waals surface area contributed by atoms with Crippen LogP contribution in [-0.4, -0.2) is 42.9 Å². The molecule has 1 aliphatic heterocycles. The molecule has 0 unspecified atom stereocenters. The van der Waals surface area contributed by atoms with Gasteiger partial charge in [-0.05, 0) is 39.5 Å². The Morgan fingerprint density at radius 1 is 1.39 bits per heavy atom. The third-order valence-corrected chi connectivity index (χ3v) is 2.81. The Bertz CT molecular complexity index is 306. The van der Waals surface area contributed by atoms with Gasteiger partial charge >= 0.3 is 6.09 Å². The number of carbonyl (C=O) groups is 1. The molecular formula is C14H23NO3. The van der Waals surface area contributed by atoms with Crippen molar-refractivity contribution in [3.05, 3.63) is 0 Å². The van der Waals surface area contributed by atoms with Gasteiger partial charge in [-0.2, -0.15) is 0 Å². The zero-order valence-electron chi connectivity index (χ0n) is 11.6. The molecule has 102 valence electrons. The standard InChI is InChI=1S/C14H23NO3/c1-5-10-17-11-12-6-8-15(9-7-12)13(16)18-14(2,3)4/h1,12H,6-11H2,2-4H3. The van der Waals surface area contributed by atoms with E-state index in [0.29, 0.717) is 19.1 Å². The summed E-state index contributed by atoms with van der Waals surface area (Å²) in [6, 6.07) is 0. The van der Waals surface area contributed by atoms with Crippen molar-refractivity contribution in [2.45, 2.75) is 39.2 Å². The first kappa shape index (κ1) is 14.8. The predicted octanol–water partition coefficient (Wildman–Crippen LogP) is 2.28. The molecule has 0 bridgehead atoms.